The Hall–Kier alpha value is -1.85. The van der Waals surface area contributed by atoms with Crippen molar-refractivity contribution in [2.24, 2.45) is 0 Å². The Morgan fingerprint density at radius 2 is 2.13 bits per heavy atom. The number of nitrogens with zero attached hydrogens (tertiary/aromatic N) is 1. The number of carbonyl (C=O) groups is 1. The molecule has 23 heavy (non-hydrogen) atoms. The van der Waals surface area contributed by atoms with Crippen molar-refractivity contribution in [2.75, 3.05) is 29.9 Å². The molecule has 0 atom stereocenters. The number of carbonyl (C=O) groups excluding carboxylic acids is 1. The number of hydrogen-bond donors (Lipinski definition) is 2. The van der Waals surface area contributed by atoms with E-state index in [9.17, 15) is 4.79 Å². The molecule has 0 aliphatic carbocycles. The molecular weight excluding hydrogens is 354 g/mol. The second-order valence-electron chi connectivity index (χ2n) is 5.76. The molecule has 0 saturated heterocycles. The lowest BCUT2D eigenvalue weighted by molar-refractivity contribution is -0.115. The zero-order chi connectivity index (χ0) is 16.2. The largest absolute Gasteiger partial charge is 0.361 e. The van der Waals surface area contributed by atoms with E-state index in [1.54, 1.807) is 0 Å². The van der Waals surface area contributed by atoms with E-state index < -0.39 is 0 Å². The van der Waals surface area contributed by atoms with Gasteiger partial charge in [0.2, 0.25) is 5.91 Å². The van der Waals surface area contributed by atoms with Crippen LogP contribution in [0.3, 0.4) is 0 Å². The minimum atomic E-state index is -0.00810. The highest BCUT2D eigenvalue weighted by molar-refractivity contribution is 9.10. The van der Waals surface area contributed by atoms with Crippen molar-refractivity contribution in [3.63, 3.8) is 0 Å². The van der Waals surface area contributed by atoms with Gasteiger partial charge in [-0.3, -0.25) is 4.79 Å². The van der Waals surface area contributed by atoms with Crippen LogP contribution in [0, 0.1) is 6.92 Å². The number of anilines is 2. The van der Waals surface area contributed by atoms with E-state index in [-0.39, 0.29) is 5.91 Å². The summed E-state index contributed by atoms with van der Waals surface area (Å²) in [7, 11) is 0. The third-order valence-corrected chi connectivity index (χ3v) is 4.60. The molecule has 120 valence electrons. The van der Waals surface area contributed by atoms with E-state index >= 15 is 0 Å². The summed E-state index contributed by atoms with van der Waals surface area (Å²) in [6.45, 7) is 4.91. The molecule has 0 bridgehead atoms. The van der Waals surface area contributed by atoms with Crippen LogP contribution >= 0.6 is 15.9 Å². The minimum Gasteiger partial charge on any atom is -0.361 e. The average molecular weight is 374 g/mol. The van der Waals surface area contributed by atoms with Gasteiger partial charge in [0.25, 0.3) is 0 Å². The molecule has 0 unspecified atom stereocenters. The van der Waals surface area contributed by atoms with Gasteiger partial charge in [-0.2, -0.15) is 0 Å². The van der Waals surface area contributed by atoms with Crippen molar-refractivity contribution in [1.82, 2.24) is 5.32 Å². The molecule has 2 aromatic rings. The van der Waals surface area contributed by atoms with Gasteiger partial charge in [0.1, 0.15) is 0 Å². The normalized spacial score (nSPS) is 14.1. The molecule has 1 aliphatic rings. The molecule has 0 radical (unpaired) electrons. The number of para-hydroxylation sites is 1. The Labute approximate surface area is 145 Å². The smallest absolute Gasteiger partial charge is 0.243 e. The Balaban J connectivity index is 1.72. The van der Waals surface area contributed by atoms with Crippen LogP contribution in [0.25, 0.3) is 0 Å². The Morgan fingerprint density at radius 1 is 1.30 bits per heavy atom. The monoisotopic (exact) mass is 373 g/mol. The predicted molar refractivity (Wildman–Crippen MR) is 97.9 cm³/mol. The minimum absolute atomic E-state index is 0.00810. The van der Waals surface area contributed by atoms with Crippen LogP contribution in [-0.4, -0.2) is 25.5 Å². The van der Waals surface area contributed by atoms with E-state index in [1.807, 2.05) is 37.3 Å². The Bertz CT molecular complexity index is 717. The number of benzene rings is 2. The summed E-state index contributed by atoms with van der Waals surface area (Å²) >= 11 is 3.50. The number of aryl methyl sites for hydroxylation is 1. The number of rotatable bonds is 3. The van der Waals surface area contributed by atoms with Gasteiger partial charge < -0.3 is 15.5 Å². The van der Waals surface area contributed by atoms with Gasteiger partial charge in [0, 0.05) is 29.8 Å². The van der Waals surface area contributed by atoms with Gasteiger partial charge in [-0.1, -0.05) is 24.3 Å². The molecule has 4 nitrogen and oxygen atoms in total. The highest BCUT2D eigenvalue weighted by Crippen LogP contribution is 2.24. The van der Waals surface area contributed by atoms with Gasteiger partial charge in [-0.25, -0.2) is 0 Å². The number of nitrogens with one attached hydrogen (secondary N) is 2. The first kappa shape index (κ1) is 16.0. The highest BCUT2D eigenvalue weighted by Gasteiger charge is 2.17. The average Bonchev–Trinajstić information content (AvgIpc) is 2.73. The summed E-state index contributed by atoms with van der Waals surface area (Å²) in [6, 6.07) is 14.2. The third kappa shape index (κ3) is 3.92. The fraction of sp³-hybridized carbons (Fsp3) is 0.278. The second kappa shape index (κ2) is 7.15. The van der Waals surface area contributed by atoms with Crippen molar-refractivity contribution >= 4 is 33.2 Å². The summed E-state index contributed by atoms with van der Waals surface area (Å²) < 4.78 is 0.906. The molecule has 3 rings (SSSR count). The molecule has 1 amide bonds. The van der Waals surface area contributed by atoms with Crippen molar-refractivity contribution in [3.8, 4) is 0 Å². The first-order valence-corrected chi connectivity index (χ1v) is 8.52. The fourth-order valence-electron chi connectivity index (χ4n) is 2.78. The SMILES string of the molecule is Cc1ccc(NC(=O)CN2CCNCc3ccccc32)c(Br)c1. The third-order valence-electron chi connectivity index (χ3n) is 3.94. The Kier molecular flexibility index (Phi) is 4.98. The van der Waals surface area contributed by atoms with E-state index in [4.69, 9.17) is 0 Å². The highest BCUT2D eigenvalue weighted by atomic mass is 79.9. The molecule has 1 heterocycles. The van der Waals surface area contributed by atoms with Gasteiger partial charge in [-0.15, -0.1) is 0 Å². The predicted octanol–water partition coefficient (Wildman–Crippen LogP) is 3.31. The summed E-state index contributed by atoms with van der Waals surface area (Å²) in [4.78, 5) is 14.6. The van der Waals surface area contributed by atoms with Crippen molar-refractivity contribution < 1.29 is 4.79 Å². The lowest BCUT2D eigenvalue weighted by Gasteiger charge is -2.24. The Morgan fingerprint density at radius 3 is 2.96 bits per heavy atom. The van der Waals surface area contributed by atoms with Crippen LogP contribution in [0.5, 0.6) is 0 Å². The summed E-state index contributed by atoms with van der Waals surface area (Å²) in [5.41, 5.74) is 4.33. The fourth-order valence-corrected chi connectivity index (χ4v) is 3.37. The first-order valence-electron chi connectivity index (χ1n) is 7.73. The van der Waals surface area contributed by atoms with E-state index in [2.05, 4.69) is 43.6 Å². The van der Waals surface area contributed by atoms with Crippen molar-refractivity contribution in [2.45, 2.75) is 13.5 Å². The topological polar surface area (TPSA) is 44.4 Å². The van der Waals surface area contributed by atoms with Gasteiger partial charge in [0.05, 0.1) is 12.2 Å². The molecule has 0 aromatic heterocycles. The number of fused-ring (bicyclic) bond motifs is 1. The number of amides is 1. The van der Waals surface area contributed by atoms with E-state index in [0.29, 0.717) is 6.54 Å². The molecule has 5 heteroatoms. The van der Waals surface area contributed by atoms with Crippen molar-refractivity contribution in [3.05, 3.63) is 58.1 Å². The molecule has 0 spiro atoms. The zero-order valence-electron chi connectivity index (χ0n) is 13.1. The van der Waals surface area contributed by atoms with Crippen LogP contribution < -0.4 is 15.5 Å². The van der Waals surface area contributed by atoms with E-state index in [1.165, 1.54) is 5.56 Å². The zero-order valence-corrected chi connectivity index (χ0v) is 14.7. The maximum atomic E-state index is 12.4. The lowest BCUT2D eigenvalue weighted by Crippen LogP contribution is -2.36. The standard InChI is InChI=1S/C18H20BrN3O/c1-13-6-7-16(15(19)10-13)21-18(23)12-22-9-8-20-11-14-4-2-3-5-17(14)22/h2-7,10,20H,8-9,11-12H2,1H3,(H,21,23). The maximum absolute atomic E-state index is 12.4. The van der Waals surface area contributed by atoms with Crippen LogP contribution in [0.2, 0.25) is 0 Å². The van der Waals surface area contributed by atoms with E-state index in [0.717, 1.165) is 41.0 Å². The first-order chi connectivity index (χ1) is 11.1. The van der Waals surface area contributed by atoms with Gasteiger partial charge in [-0.05, 0) is 52.2 Å². The second-order valence-corrected chi connectivity index (χ2v) is 6.61. The van der Waals surface area contributed by atoms with Crippen molar-refractivity contribution in [1.29, 1.82) is 0 Å². The summed E-state index contributed by atoms with van der Waals surface area (Å²) in [6.07, 6.45) is 0. The van der Waals surface area contributed by atoms with Crippen LogP contribution in [-0.2, 0) is 11.3 Å². The lowest BCUT2D eigenvalue weighted by atomic mass is 10.1. The number of halogens is 1. The summed E-state index contributed by atoms with van der Waals surface area (Å²) in [5, 5.41) is 6.38. The van der Waals surface area contributed by atoms with Crippen LogP contribution in [0.1, 0.15) is 11.1 Å². The van der Waals surface area contributed by atoms with Crippen LogP contribution in [0.4, 0.5) is 11.4 Å². The maximum Gasteiger partial charge on any atom is 0.243 e. The molecule has 1 aliphatic heterocycles. The van der Waals surface area contributed by atoms with Gasteiger partial charge in [0.15, 0.2) is 0 Å². The van der Waals surface area contributed by atoms with Crippen LogP contribution in [0.15, 0.2) is 46.9 Å². The molecule has 0 saturated carbocycles. The molecule has 2 N–H and O–H groups in total. The number of hydrogen-bond acceptors (Lipinski definition) is 3. The molecule has 0 fully saturated rings. The summed E-state index contributed by atoms with van der Waals surface area (Å²) in [5.74, 6) is -0.00810. The molecule has 2 aromatic carbocycles. The van der Waals surface area contributed by atoms with Gasteiger partial charge >= 0.3 is 0 Å². The molecular formula is C18H20BrN3O. The quantitative estimate of drug-likeness (QED) is 0.867.